The Morgan fingerprint density at radius 2 is 1.66 bits per heavy atom. The number of carbonyl (C=O) groups is 1. The summed E-state index contributed by atoms with van der Waals surface area (Å²) in [5.74, 6) is -0.839. The maximum atomic E-state index is 15.9. The summed E-state index contributed by atoms with van der Waals surface area (Å²) in [5.41, 5.74) is 35.8. The number of amides is 1. The predicted molar refractivity (Wildman–Crippen MR) is 131 cm³/mol. The Bertz CT molecular complexity index is 762. The van der Waals surface area contributed by atoms with Crippen LogP contribution in [0.4, 0.5) is 4.39 Å². The fourth-order valence-electron chi connectivity index (χ4n) is 5.04. The summed E-state index contributed by atoms with van der Waals surface area (Å²) in [6.07, 6.45) is -9.85. The fourth-order valence-corrected chi connectivity index (χ4v) is 5.04. The van der Waals surface area contributed by atoms with Crippen LogP contribution in [0, 0.1) is 0 Å². The number of aliphatic hydroxyl groups excluding tert-OH is 3. The second-order valence-corrected chi connectivity index (χ2v) is 10.2. The van der Waals surface area contributed by atoms with Crippen LogP contribution in [0.25, 0.3) is 0 Å². The molecule has 0 unspecified atom stereocenters. The zero-order valence-electron chi connectivity index (χ0n) is 21.3. The molecule has 38 heavy (non-hydrogen) atoms. The van der Waals surface area contributed by atoms with Gasteiger partial charge in [0, 0.05) is 18.6 Å². The van der Waals surface area contributed by atoms with Gasteiger partial charge in [-0.05, 0) is 32.2 Å². The lowest BCUT2D eigenvalue weighted by Crippen LogP contribution is -2.70. The highest BCUT2D eigenvalue weighted by atomic mass is 19.1. The molecular formula is C22H44FN7O8. The van der Waals surface area contributed by atoms with E-state index >= 15 is 4.39 Å². The number of ether oxygens (including phenoxy) is 4. The number of nitrogens with one attached hydrogen (secondary N) is 1. The quantitative estimate of drug-likeness (QED) is 0.121. The third-order valence-corrected chi connectivity index (χ3v) is 7.38. The van der Waals surface area contributed by atoms with E-state index in [1.54, 1.807) is 0 Å². The molecule has 3 rings (SSSR count). The van der Waals surface area contributed by atoms with Gasteiger partial charge in [0.05, 0.1) is 36.9 Å². The fraction of sp³-hybridized carbons (Fsp3) is 0.955. The third-order valence-electron chi connectivity index (χ3n) is 7.38. The standard InChI is InChI=1S/C22H44FN7O8/c23-14-18(37-21-9(26)2-1-8(6-25)35-21)10(27)5-11(28)19(14)38-22-16(30-20(34)12(32)3-4-24)15(29)17(33)13(7-31)36-22/h8-19,21-22,31-33H,1-7,24-29H2,(H,30,34)/t8-,9+,10-,11+,12-,13+,14+,15+,16+,17+,18+,19-,21+,22+/m0/s1. The van der Waals surface area contributed by atoms with Crippen LogP contribution >= 0.6 is 0 Å². The lowest BCUT2D eigenvalue weighted by molar-refractivity contribution is -0.288. The maximum Gasteiger partial charge on any atom is 0.249 e. The molecule has 1 amide bonds. The molecule has 0 radical (unpaired) electrons. The van der Waals surface area contributed by atoms with Gasteiger partial charge in [0.2, 0.25) is 5.91 Å². The van der Waals surface area contributed by atoms with Crippen LogP contribution in [0.1, 0.15) is 25.7 Å². The Hall–Kier alpha value is -1.12. The first-order valence-corrected chi connectivity index (χ1v) is 13.0. The summed E-state index contributed by atoms with van der Waals surface area (Å²) in [6, 6.07) is -4.66. The van der Waals surface area contributed by atoms with Crippen molar-refractivity contribution >= 4 is 5.91 Å². The van der Waals surface area contributed by atoms with Gasteiger partial charge >= 0.3 is 0 Å². The highest BCUT2D eigenvalue weighted by Gasteiger charge is 2.51. The molecule has 0 spiro atoms. The Balaban J connectivity index is 1.77. The van der Waals surface area contributed by atoms with Gasteiger partial charge in [0.1, 0.15) is 24.4 Å². The molecule has 3 fully saturated rings. The van der Waals surface area contributed by atoms with E-state index < -0.39 is 92.0 Å². The third kappa shape index (κ3) is 7.14. The van der Waals surface area contributed by atoms with Crippen LogP contribution in [0.5, 0.6) is 0 Å². The molecular weight excluding hydrogens is 509 g/mol. The number of hydrogen-bond donors (Lipinski definition) is 10. The van der Waals surface area contributed by atoms with Crippen molar-refractivity contribution in [2.24, 2.45) is 34.4 Å². The first kappa shape index (κ1) is 31.4. The number of nitrogens with two attached hydrogens (primary N) is 6. The topological polar surface area (TPSA) is 283 Å². The molecule has 16 N–H and O–H groups in total. The van der Waals surface area contributed by atoms with E-state index in [0.717, 1.165) is 0 Å². The van der Waals surface area contributed by atoms with Crippen molar-refractivity contribution in [3.05, 3.63) is 0 Å². The molecule has 2 saturated heterocycles. The largest absolute Gasteiger partial charge is 0.394 e. The molecule has 14 atom stereocenters. The normalized spacial score (nSPS) is 44.9. The molecule has 2 aliphatic heterocycles. The van der Waals surface area contributed by atoms with Gasteiger partial charge in [-0.15, -0.1) is 0 Å². The number of hydrogen-bond acceptors (Lipinski definition) is 14. The average molecular weight is 554 g/mol. The maximum absolute atomic E-state index is 15.9. The highest BCUT2D eigenvalue weighted by Crippen LogP contribution is 2.32. The van der Waals surface area contributed by atoms with Gasteiger partial charge in [-0.2, -0.15) is 0 Å². The molecule has 0 aromatic carbocycles. The Morgan fingerprint density at radius 3 is 2.24 bits per heavy atom. The van der Waals surface area contributed by atoms with E-state index in [4.69, 9.17) is 53.3 Å². The van der Waals surface area contributed by atoms with Crippen molar-refractivity contribution in [1.29, 1.82) is 0 Å². The molecule has 0 aromatic heterocycles. The lowest BCUT2D eigenvalue weighted by Gasteiger charge is -2.48. The second-order valence-electron chi connectivity index (χ2n) is 10.2. The first-order valence-electron chi connectivity index (χ1n) is 13.0. The smallest absolute Gasteiger partial charge is 0.249 e. The van der Waals surface area contributed by atoms with Crippen molar-refractivity contribution in [3.8, 4) is 0 Å². The second kappa shape index (κ2) is 14.0. The molecule has 1 saturated carbocycles. The lowest BCUT2D eigenvalue weighted by atomic mass is 9.85. The van der Waals surface area contributed by atoms with E-state index in [2.05, 4.69) is 5.32 Å². The van der Waals surface area contributed by atoms with E-state index in [-0.39, 0.29) is 32.0 Å². The van der Waals surface area contributed by atoms with Crippen LogP contribution in [-0.2, 0) is 23.7 Å². The van der Waals surface area contributed by atoms with E-state index in [1.807, 2.05) is 0 Å². The SMILES string of the molecule is NCC[C@H](O)C(=O)N[C@H]1[C@@H](O[C@@H]2[C@H](F)[C@H](O[C@H]3O[C@H](CN)CC[C@H]3N)[C@@H](N)C[C@H]2N)O[C@H](CO)[C@@H](O)[C@@H]1N. The highest BCUT2D eigenvalue weighted by molar-refractivity contribution is 5.80. The Labute approximate surface area is 220 Å². The van der Waals surface area contributed by atoms with Gasteiger partial charge in [0.25, 0.3) is 0 Å². The van der Waals surface area contributed by atoms with Crippen LogP contribution in [0.3, 0.4) is 0 Å². The number of aliphatic hydroxyl groups is 3. The minimum Gasteiger partial charge on any atom is -0.394 e. The van der Waals surface area contributed by atoms with Gasteiger partial charge < -0.3 is 74.0 Å². The number of halogens is 1. The molecule has 0 bridgehead atoms. The summed E-state index contributed by atoms with van der Waals surface area (Å²) >= 11 is 0. The summed E-state index contributed by atoms with van der Waals surface area (Å²) in [7, 11) is 0. The van der Waals surface area contributed by atoms with E-state index in [9.17, 15) is 20.1 Å². The molecule has 16 heteroatoms. The zero-order valence-corrected chi connectivity index (χ0v) is 21.3. The molecule has 3 aliphatic rings. The van der Waals surface area contributed by atoms with Gasteiger partial charge in [0.15, 0.2) is 18.8 Å². The summed E-state index contributed by atoms with van der Waals surface area (Å²) in [6.45, 7) is -0.334. The molecule has 15 nitrogen and oxygen atoms in total. The zero-order chi connectivity index (χ0) is 28.1. The number of alkyl halides is 1. The van der Waals surface area contributed by atoms with Crippen molar-refractivity contribution in [2.45, 2.75) is 111 Å². The van der Waals surface area contributed by atoms with Crippen LogP contribution < -0.4 is 39.7 Å². The average Bonchev–Trinajstić information content (AvgIpc) is 2.89. The van der Waals surface area contributed by atoms with Gasteiger partial charge in [-0.3, -0.25) is 4.79 Å². The number of rotatable bonds is 10. The summed E-state index contributed by atoms with van der Waals surface area (Å²) in [5, 5.41) is 32.6. The van der Waals surface area contributed by atoms with E-state index in [0.29, 0.717) is 12.8 Å². The first-order chi connectivity index (χ1) is 18.0. The van der Waals surface area contributed by atoms with Gasteiger partial charge in [-0.25, -0.2) is 4.39 Å². The molecule has 2 heterocycles. The van der Waals surface area contributed by atoms with E-state index in [1.165, 1.54) is 0 Å². The van der Waals surface area contributed by atoms with Crippen molar-refractivity contribution in [1.82, 2.24) is 5.32 Å². The predicted octanol–water partition coefficient (Wildman–Crippen LogP) is -5.46. The summed E-state index contributed by atoms with van der Waals surface area (Å²) < 4.78 is 39.2. The minimum atomic E-state index is -1.87. The van der Waals surface area contributed by atoms with Crippen molar-refractivity contribution < 1.29 is 43.5 Å². The minimum absolute atomic E-state index is 0.0324. The van der Waals surface area contributed by atoms with Crippen molar-refractivity contribution in [3.63, 3.8) is 0 Å². The monoisotopic (exact) mass is 553 g/mol. The van der Waals surface area contributed by atoms with Crippen LogP contribution in [0.2, 0.25) is 0 Å². The molecule has 0 aromatic rings. The molecule has 1 aliphatic carbocycles. The number of carbonyl (C=O) groups excluding carboxylic acids is 1. The van der Waals surface area contributed by atoms with Gasteiger partial charge in [-0.1, -0.05) is 0 Å². The summed E-state index contributed by atoms with van der Waals surface area (Å²) in [4.78, 5) is 12.5. The Morgan fingerprint density at radius 1 is 1.03 bits per heavy atom. The Kier molecular flexibility index (Phi) is 11.6. The molecule has 222 valence electrons. The van der Waals surface area contributed by atoms with Crippen LogP contribution in [-0.4, -0.2) is 127 Å². The van der Waals surface area contributed by atoms with Crippen molar-refractivity contribution in [2.75, 3.05) is 19.7 Å². The van der Waals surface area contributed by atoms with Crippen LogP contribution in [0.15, 0.2) is 0 Å².